The summed E-state index contributed by atoms with van der Waals surface area (Å²) in [4.78, 5) is 36.1. The number of carbonyl (C=O) groups is 3. The minimum absolute atomic E-state index is 0.124. The van der Waals surface area contributed by atoms with E-state index in [0.717, 1.165) is 0 Å². The highest BCUT2D eigenvalue weighted by atomic mass is 16.6. The number of fused-ring (bicyclic) bond motifs is 1. The summed E-state index contributed by atoms with van der Waals surface area (Å²) in [6.45, 7) is 5.38. The van der Waals surface area contributed by atoms with Crippen molar-refractivity contribution in [3.63, 3.8) is 0 Å². The highest BCUT2D eigenvalue weighted by Crippen LogP contribution is 2.40. The van der Waals surface area contributed by atoms with E-state index in [1.165, 1.54) is 6.08 Å². The fourth-order valence-corrected chi connectivity index (χ4v) is 2.60. The molecule has 22 heavy (non-hydrogen) atoms. The number of aldehydes is 1. The van der Waals surface area contributed by atoms with E-state index in [1.807, 2.05) is 0 Å². The summed E-state index contributed by atoms with van der Waals surface area (Å²) in [6, 6.07) is 6.57. The average molecular weight is 303 g/mol. The second kappa shape index (κ2) is 6.43. The molecular formula is C16H17NO5. The molecule has 1 aromatic rings. The van der Waals surface area contributed by atoms with Gasteiger partial charge in [-0.05, 0) is 19.4 Å². The van der Waals surface area contributed by atoms with Crippen molar-refractivity contribution in [1.29, 1.82) is 0 Å². The van der Waals surface area contributed by atoms with E-state index < -0.39 is 23.5 Å². The fourth-order valence-electron chi connectivity index (χ4n) is 2.60. The maximum Gasteiger partial charge on any atom is 0.413 e. The van der Waals surface area contributed by atoms with Gasteiger partial charge in [-0.1, -0.05) is 24.3 Å². The van der Waals surface area contributed by atoms with E-state index in [9.17, 15) is 14.4 Å². The Kier molecular flexibility index (Phi) is 4.60. The number of hydrogen-bond donors (Lipinski definition) is 1. The van der Waals surface area contributed by atoms with Crippen molar-refractivity contribution < 1.29 is 23.9 Å². The predicted molar refractivity (Wildman–Crippen MR) is 78.3 cm³/mol. The zero-order chi connectivity index (χ0) is 16.2. The maximum absolute atomic E-state index is 12.6. The molecule has 0 saturated carbocycles. The van der Waals surface area contributed by atoms with Crippen molar-refractivity contribution in [2.24, 2.45) is 5.92 Å². The molecule has 0 radical (unpaired) electrons. The number of esters is 1. The van der Waals surface area contributed by atoms with Gasteiger partial charge in [-0.3, -0.25) is 0 Å². The van der Waals surface area contributed by atoms with Crippen LogP contribution < -0.4 is 10.1 Å². The van der Waals surface area contributed by atoms with Gasteiger partial charge in [0.25, 0.3) is 0 Å². The van der Waals surface area contributed by atoms with Crippen LogP contribution in [0.1, 0.15) is 18.9 Å². The van der Waals surface area contributed by atoms with E-state index in [-0.39, 0.29) is 18.8 Å². The lowest BCUT2D eigenvalue weighted by Crippen LogP contribution is -2.60. The van der Waals surface area contributed by atoms with Crippen LogP contribution >= 0.6 is 0 Å². The molecule has 6 nitrogen and oxygen atoms in total. The quantitative estimate of drug-likeness (QED) is 0.493. The van der Waals surface area contributed by atoms with Gasteiger partial charge >= 0.3 is 12.1 Å². The number of carbonyl (C=O) groups excluding carboxylic acids is 3. The zero-order valence-corrected chi connectivity index (χ0v) is 12.2. The van der Waals surface area contributed by atoms with Crippen LogP contribution in [0.4, 0.5) is 4.79 Å². The van der Waals surface area contributed by atoms with Crippen LogP contribution in [0, 0.1) is 5.92 Å². The molecule has 0 fully saturated rings. The van der Waals surface area contributed by atoms with E-state index in [0.29, 0.717) is 11.8 Å². The van der Waals surface area contributed by atoms with Gasteiger partial charge in [-0.2, -0.15) is 0 Å². The molecule has 2 atom stereocenters. The molecule has 1 aliphatic heterocycles. The maximum atomic E-state index is 12.6. The third-order valence-electron chi connectivity index (χ3n) is 3.55. The van der Waals surface area contributed by atoms with Gasteiger partial charge in [0, 0.05) is 5.56 Å². The first-order valence-electron chi connectivity index (χ1n) is 6.93. The molecule has 2 rings (SSSR count). The minimum atomic E-state index is -1.61. The van der Waals surface area contributed by atoms with Gasteiger partial charge in [0.05, 0.1) is 12.5 Å². The lowest BCUT2D eigenvalue weighted by atomic mass is 9.76. The van der Waals surface area contributed by atoms with Crippen molar-refractivity contribution in [1.82, 2.24) is 5.32 Å². The Labute approximate surface area is 128 Å². The van der Waals surface area contributed by atoms with Gasteiger partial charge in [-0.15, -0.1) is 6.58 Å². The van der Waals surface area contributed by atoms with Crippen LogP contribution in [-0.2, 0) is 19.9 Å². The number of amides is 1. The van der Waals surface area contributed by atoms with Crippen molar-refractivity contribution >= 4 is 18.3 Å². The third kappa shape index (κ3) is 2.47. The number of hydrogen-bond acceptors (Lipinski definition) is 5. The second-order valence-electron chi connectivity index (χ2n) is 4.81. The van der Waals surface area contributed by atoms with E-state index in [4.69, 9.17) is 9.47 Å². The predicted octanol–water partition coefficient (Wildman–Crippen LogP) is 1.94. The number of para-hydroxylation sites is 1. The molecule has 6 heteroatoms. The van der Waals surface area contributed by atoms with Crippen LogP contribution in [-0.4, -0.2) is 25.0 Å². The van der Waals surface area contributed by atoms with Crippen molar-refractivity contribution in [3.8, 4) is 5.75 Å². The number of nitrogens with one attached hydrogen (secondary N) is 1. The molecule has 0 spiro atoms. The number of allylic oxidation sites excluding steroid dienone is 1. The molecule has 0 unspecified atom stereocenters. The smallest absolute Gasteiger partial charge is 0.413 e. The summed E-state index contributed by atoms with van der Waals surface area (Å²) in [7, 11) is 0. The van der Waals surface area contributed by atoms with Crippen LogP contribution in [0.3, 0.4) is 0 Å². The minimum Gasteiger partial charge on any atom is -0.464 e. The normalized spacial score (nSPS) is 20.9. The van der Waals surface area contributed by atoms with Crippen LogP contribution in [0.15, 0.2) is 36.9 Å². The highest BCUT2D eigenvalue weighted by molar-refractivity contribution is 5.93. The average Bonchev–Trinajstić information content (AvgIpc) is 2.51. The number of rotatable bonds is 6. The Morgan fingerprint density at radius 1 is 1.50 bits per heavy atom. The molecule has 1 heterocycles. The van der Waals surface area contributed by atoms with Gasteiger partial charge < -0.3 is 19.6 Å². The summed E-state index contributed by atoms with van der Waals surface area (Å²) >= 11 is 0. The highest BCUT2D eigenvalue weighted by Gasteiger charge is 2.53. The Morgan fingerprint density at radius 3 is 2.86 bits per heavy atom. The van der Waals surface area contributed by atoms with Gasteiger partial charge in [0.1, 0.15) is 12.0 Å². The molecule has 1 aliphatic rings. The van der Waals surface area contributed by atoms with E-state index >= 15 is 0 Å². The van der Waals surface area contributed by atoms with Crippen LogP contribution in [0.5, 0.6) is 5.75 Å². The molecule has 116 valence electrons. The standard InChI is InChI=1S/C16H17NO5/c1-3-7-11(10-18)16(14(19)21-4-2)12-8-5-6-9-13(12)22-15(20)17-16/h3,5-6,8-11H,1,4,7H2,2H3,(H,17,20)/t11-,16+/m0/s1. The first-order chi connectivity index (χ1) is 10.6. The van der Waals surface area contributed by atoms with Crippen LogP contribution in [0.25, 0.3) is 0 Å². The second-order valence-corrected chi connectivity index (χ2v) is 4.81. The molecule has 0 saturated heterocycles. The third-order valence-corrected chi connectivity index (χ3v) is 3.55. The van der Waals surface area contributed by atoms with E-state index in [1.54, 1.807) is 31.2 Å². The zero-order valence-electron chi connectivity index (χ0n) is 12.2. The molecule has 0 aliphatic carbocycles. The summed E-state index contributed by atoms with van der Waals surface area (Å²) in [5, 5.41) is 2.49. The topological polar surface area (TPSA) is 81.7 Å². The van der Waals surface area contributed by atoms with Crippen molar-refractivity contribution in [2.75, 3.05) is 6.61 Å². The summed E-state index contributed by atoms with van der Waals surface area (Å²) in [5.74, 6) is -1.31. The van der Waals surface area contributed by atoms with Crippen molar-refractivity contribution in [3.05, 3.63) is 42.5 Å². The summed E-state index contributed by atoms with van der Waals surface area (Å²) in [6.07, 6.45) is 1.55. The first kappa shape index (κ1) is 15.8. The molecule has 0 bridgehead atoms. The Bertz CT molecular complexity index is 612. The molecular weight excluding hydrogens is 286 g/mol. The lowest BCUT2D eigenvalue weighted by Gasteiger charge is -2.39. The van der Waals surface area contributed by atoms with Crippen molar-refractivity contribution in [2.45, 2.75) is 18.9 Å². The Balaban J connectivity index is 2.67. The van der Waals surface area contributed by atoms with Gasteiger partial charge in [-0.25, -0.2) is 9.59 Å². The monoisotopic (exact) mass is 303 g/mol. The first-order valence-corrected chi connectivity index (χ1v) is 6.93. The number of ether oxygens (including phenoxy) is 2. The SMILES string of the molecule is C=CC[C@@H](C=O)[C@@]1(C(=O)OCC)NC(=O)Oc2ccccc21. The van der Waals surface area contributed by atoms with E-state index in [2.05, 4.69) is 11.9 Å². The summed E-state index contributed by atoms with van der Waals surface area (Å²) in [5.41, 5.74) is -1.22. The molecule has 1 aromatic carbocycles. The molecule has 1 N–H and O–H groups in total. The Morgan fingerprint density at radius 2 is 2.23 bits per heavy atom. The molecule has 1 amide bonds. The van der Waals surface area contributed by atoms with Crippen LogP contribution in [0.2, 0.25) is 0 Å². The molecule has 0 aromatic heterocycles. The summed E-state index contributed by atoms with van der Waals surface area (Å²) < 4.78 is 10.2. The van der Waals surface area contributed by atoms with Gasteiger partial charge in [0.2, 0.25) is 0 Å². The lowest BCUT2D eigenvalue weighted by molar-refractivity contribution is -0.155. The van der Waals surface area contributed by atoms with Gasteiger partial charge in [0.15, 0.2) is 5.54 Å². The fraction of sp³-hybridized carbons (Fsp3) is 0.312. The largest absolute Gasteiger partial charge is 0.464 e. The number of benzene rings is 1. The Hall–Kier alpha value is -2.63.